The summed E-state index contributed by atoms with van der Waals surface area (Å²) in [6, 6.07) is 7.02. The van der Waals surface area contributed by atoms with Gasteiger partial charge < -0.3 is 4.74 Å². The van der Waals surface area contributed by atoms with Crippen LogP contribution in [-0.4, -0.2) is 6.29 Å². The average Bonchev–Trinajstić information content (AvgIpc) is 2.25. The minimum Gasteiger partial charge on any atom is -0.407 e. The van der Waals surface area contributed by atoms with Crippen molar-refractivity contribution in [3.8, 4) is 17.8 Å². The second kappa shape index (κ2) is 5.82. The minimum absolute atomic E-state index is 0.520. The van der Waals surface area contributed by atoms with Gasteiger partial charge in [0.15, 0.2) is 12.0 Å². The predicted molar refractivity (Wildman–Crippen MR) is 55.1 cm³/mol. The standard InChI is InChI=1S/C12H12O2/c1-2-3-6-9-14-12-8-5-4-7-11(12)10-13/h4-5,7-8,10H,2-3H2,1H3. The van der Waals surface area contributed by atoms with Crippen molar-refractivity contribution < 1.29 is 9.53 Å². The fourth-order valence-corrected chi connectivity index (χ4v) is 0.938. The molecule has 0 aliphatic carbocycles. The number of hydrogen-bond donors (Lipinski definition) is 0. The summed E-state index contributed by atoms with van der Waals surface area (Å²) < 4.78 is 5.14. The van der Waals surface area contributed by atoms with Gasteiger partial charge in [-0.2, -0.15) is 0 Å². The highest BCUT2D eigenvalue weighted by molar-refractivity contribution is 5.79. The molecule has 0 saturated heterocycles. The van der Waals surface area contributed by atoms with Gasteiger partial charge >= 0.3 is 0 Å². The van der Waals surface area contributed by atoms with Crippen LogP contribution in [0.3, 0.4) is 0 Å². The van der Waals surface area contributed by atoms with E-state index in [1.807, 2.05) is 13.0 Å². The van der Waals surface area contributed by atoms with Crippen LogP contribution in [0.25, 0.3) is 0 Å². The molecule has 0 N–H and O–H groups in total. The second-order valence-electron chi connectivity index (χ2n) is 2.79. The zero-order chi connectivity index (χ0) is 10.2. The van der Waals surface area contributed by atoms with Crippen LogP contribution in [0.2, 0.25) is 0 Å². The summed E-state index contributed by atoms with van der Waals surface area (Å²) in [4.78, 5) is 10.6. The summed E-state index contributed by atoms with van der Waals surface area (Å²) in [5, 5.41) is 0. The van der Waals surface area contributed by atoms with Gasteiger partial charge in [0.1, 0.15) is 6.11 Å². The van der Waals surface area contributed by atoms with E-state index in [-0.39, 0.29) is 0 Å². The lowest BCUT2D eigenvalue weighted by atomic mass is 10.2. The number of hydrogen-bond acceptors (Lipinski definition) is 2. The van der Waals surface area contributed by atoms with Crippen LogP contribution in [0, 0.1) is 12.0 Å². The van der Waals surface area contributed by atoms with Crippen molar-refractivity contribution in [3.63, 3.8) is 0 Å². The Morgan fingerprint density at radius 1 is 1.43 bits per heavy atom. The summed E-state index contributed by atoms with van der Waals surface area (Å²) in [7, 11) is 0. The second-order valence-corrected chi connectivity index (χ2v) is 2.79. The molecule has 0 amide bonds. The Morgan fingerprint density at radius 3 is 2.93 bits per heavy atom. The topological polar surface area (TPSA) is 26.3 Å². The number of benzene rings is 1. The maximum absolute atomic E-state index is 10.6. The lowest BCUT2D eigenvalue weighted by Gasteiger charge is -1.98. The number of para-hydroxylation sites is 1. The molecule has 0 saturated carbocycles. The third-order valence-electron chi connectivity index (χ3n) is 1.65. The third kappa shape index (κ3) is 2.95. The first-order valence-electron chi connectivity index (χ1n) is 4.57. The Kier molecular flexibility index (Phi) is 4.30. The first-order chi connectivity index (χ1) is 6.88. The molecule has 0 radical (unpaired) electrons. The third-order valence-corrected chi connectivity index (χ3v) is 1.65. The molecule has 0 spiro atoms. The van der Waals surface area contributed by atoms with Gasteiger partial charge in [-0.1, -0.05) is 25.0 Å². The van der Waals surface area contributed by atoms with E-state index in [0.29, 0.717) is 11.3 Å². The SMILES string of the molecule is CCCC#COc1ccccc1C=O. The Hall–Kier alpha value is -1.75. The highest BCUT2D eigenvalue weighted by Crippen LogP contribution is 2.14. The molecule has 1 aromatic carbocycles. The van der Waals surface area contributed by atoms with E-state index in [4.69, 9.17) is 4.74 Å². The molecule has 1 rings (SSSR count). The molecular formula is C12H12O2. The van der Waals surface area contributed by atoms with Crippen LogP contribution in [0.4, 0.5) is 0 Å². The number of rotatable bonds is 3. The van der Waals surface area contributed by atoms with Gasteiger partial charge in [-0.25, -0.2) is 0 Å². The van der Waals surface area contributed by atoms with E-state index in [9.17, 15) is 4.79 Å². The molecule has 14 heavy (non-hydrogen) atoms. The fraction of sp³-hybridized carbons (Fsp3) is 0.250. The summed E-state index contributed by atoms with van der Waals surface area (Å²) in [5.41, 5.74) is 0.526. The normalized spacial score (nSPS) is 8.64. The van der Waals surface area contributed by atoms with Crippen molar-refractivity contribution in [2.75, 3.05) is 0 Å². The predicted octanol–water partition coefficient (Wildman–Crippen LogP) is 2.64. The van der Waals surface area contributed by atoms with Crippen LogP contribution in [0.15, 0.2) is 24.3 Å². The van der Waals surface area contributed by atoms with Gasteiger partial charge in [-0.15, -0.1) is 0 Å². The number of aldehydes is 1. The Bertz CT molecular complexity index is 358. The highest BCUT2D eigenvalue weighted by Gasteiger charge is 1.98. The Morgan fingerprint density at radius 2 is 2.21 bits per heavy atom. The summed E-state index contributed by atoms with van der Waals surface area (Å²) in [6.45, 7) is 2.05. The van der Waals surface area contributed by atoms with E-state index in [2.05, 4.69) is 12.0 Å². The van der Waals surface area contributed by atoms with Crippen molar-refractivity contribution in [1.82, 2.24) is 0 Å². The summed E-state index contributed by atoms with van der Waals surface area (Å²) >= 11 is 0. The quantitative estimate of drug-likeness (QED) is 0.538. The van der Waals surface area contributed by atoms with Crippen LogP contribution < -0.4 is 4.74 Å². The van der Waals surface area contributed by atoms with Gasteiger partial charge in [-0.05, 0) is 18.6 Å². The van der Waals surface area contributed by atoms with Gasteiger partial charge in [0.05, 0.1) is 5.56 Å². The van der Waals surface area contributed by atoms with Crippen molar-refractivity contribution in [3.05, 3.63) is 29.8 Å². The molecule has 0 atom stereocenters. The molecule has 1 aromatic rings. The average molecular weight is 188 g/mol. The van der Waals surface area contributed by atoms with Crippen LogP contribution in [0.1, 0.15) is 30.1 Å². The lowest BCUT2D eigenvalue weighted by molar-refractivity contribution is 0.112. The first-order valence-corrected chi connectivity index (χ1v) is 4.57. The molecule has 0 fully saturated rings. The zero-order valence-corrected chi connectivity index (χ0v) is 8.12. The van der Waals surface area contributed by atoms with Crippen molar-refractivity contribution >= 4 is 6.29 Å². The highest BCUT2D eigenvalue weighted by atomic mass is 16.5. The molecule has 0 bridgehead atoms. The van der Waals surface area contributed by atoms with Gasteiger partial charge in [-0.3, -0.25) is 4.79 Å². The minimum atomic E-state index is 0.520. The Labute approximate surface area is 83.9 Å². The van der Waals surface area contributed by atoms with E-state index in [1.54, 1.807) is 18.2 Å². The van der Waals surface area contributed by atoms with Crippen LogP contribution in [0.5, 0.6) is 5.75 Å². The van der Waals surface area contributed by atoms with E-state index >= 15 is 0 Å². The monoisotopic (exact) mass is 188 g/mol. The van der Waals surface area contributed by atoms with Crippen molar-refractivity contribution in [2.24, 2.45) is 0 Å². The molecule has 0 heterocycles. The lowest BCUT2D eigenvalue weighted by Crippen LogP contribution is -1.88. The summed E-state index contributed by atoms with van der Waals surface area (Å²) in [6.07, 6.45) is 5.14. The molecule has 72 valence electrons. The van der Waals surface area contributed by atoms with Crippen molar-refractivity contribution in [2.45, 2.75) is 19.8 Å². The van der Waals surface area contributed by atoms with E-state index in [0.717, 1.165) is 19.1 Å². The molecule has 0 aromatic heterocycles. The first kappa shape index (κ1) is 10.3. The molecule has 2 heteroatoms. The Balaban J connectivity index is 2.67. The van der Waals surface area contributed by atoms with Gasteiger partial charge in [0.25, 0.3) is 0 Å². The van der Waals surface area contributed by atoms with E-state index in [1.165, 1.54) is 0 Å². The smallest absolute Gasteiger partial charge is 0.153 e. The maximum atomic E-state index is 10.6. The number of unbranched alkanes of at least 4 members (excludes halogenated alkanes) is 1. The largest absolute Gasteiger partial charge is 0.407 e. The number of carbonyl (C=O) groups excluding carboxylic acids is 1. The molecular weight excluding hydrogens is 176 g/mol. The van der Waals surface area contributed by atoms with Crippen LogP contribution in [-0.2, 0) is 0 Å². The van der Waals surface area contributed by atoms with Crippen LogP contribution >= 0.6 is 0 Å². The maximum Gasteiger partial charge on any atom is 0.153 e. The molecule has 0 aliphatic heterocycles. The van der Waals surface area contributed by atoms with E-state index < -0.39 is 0 Å². The van der Waals surface area contributed by atoms with Gasteiger partial charge in [0.2, 0.25) is 0 Å². The molecule has 0 aliphatic rings. The van der Waals surface area contributed by atoms with Gasteiger partial charge in [0, 0.05) is 6.42 Å². The summed E-state index contributed by atoms with van der Waals surface area (Å²) in [5.74, 6) is 3.37. The van der Waals surface area contributed by atoms with Crippen molar-refractivity contribution in [1.29, 1.82) is 0 Å². The number of carbonyl (C=O) groups is 1. The fourth-order valence-electron chi connectivity index (χ4n) is 0.938. The molecule has 0 unspecified atom stereocenters. The molecule has 2 nitrogen and oxygen atoms in total. The number of ether oxygens (including phenoxy) is 1. The zero-order valence-electron chi connectivity index (χ0n) is 8.12.